The Hall–Kier alpha value is -3.53. The van der Waals surface area contributed by atoms with Gasteiger partial charge in [0.15, 0.2) is 0 Å². The Balaban J connectivity index is 1.55. The third-order valence-corrected chi connectivity index (χ3v) is 5.24. The maximum absolute atomic E-state index is 12.2. The number of thioether (sulfide) groups is 1. The second kappa shape index (κ2) is 9.79. The first kappa shape index (κ1) is 21.2. The number of methoxy groups -OCH3 is 1. The highest BCUT2D eigenvalue weighted by Crippen LogP contribution is 2.19. The van der Waals surface area contributed by atoms with Crippen molar-refractivity contribution in [2.45, 2.75) is 19.0 Å². The zero-order valence-electron chi connectivity index (χ0n) is 16.9. The first-order valence-electron chi connectivity index (χ1n) is 9.10. The minimum atomic E-state index is -0.157. The third-order valence-electron chi connectivity index (χ3n) is 4.29. The summed E-state index contributed by atoms with van der Waals surface area (Å²) in [5.41, 5.74) is 6.58. The molecule has 2 aromatic carbocycles. The van der Waals surface area contributed by atoms with E-state index in [1.54, 1.807) is 13.3 Å². The number of rotatable bonds is 8. The maximum Gasteiger partial charge on any atom is 0.264 e. The van der Waals surface area contributed by atoms with Crippen molar-refractivity contribution in [3.8, 4) is 5.75 Å². The summed E-state index contributed by atoms with van der Waals surface area (Å²) in [6.45, 7) is 4.03. The van der Waals surface area contributed by atoms with E-state index < -0.39 is 0 Å². The largest absolute Gasteiger partial charge is 0.496 e. The number of hydrogen-bond donors (Lipinski definition) is 3. The van der Waals surface area contributed by atoms with Crippen molar-refractivity contribution in [2.24, 2.45) is 5.10 Å². The molecule has 156 valence electrons. The molecule has 0 unspecified atom stereocenters. The highest BCUT2D eigenvalue weighted by atomic mass is 32.2. The van der Waals surface area contributed by atoms with Crippen LogP contribution >= 0.6 is 11.8 Å². The SMILES string of the molecule is COc1ccccc1/C=N/Nc1nnc(SCC(=O)Nc2ccc(C)c(C)c2)n1N. The van der Waals surface area contributed by atoms with Gasteiger partial charge in [0, 0.05) is 11.3 Å². The molecule has 0 bridgehead atoms. The van der Waals surface area contributed by atoms with E-state index in [0.29, 0.717) is 10.9 Å². The molecule has 0 aliphatic carbocycles. The van der Waals surface area contributed by atoms with Crippen molar-refractivity contribution >= 4 is 35.5 Å². The molecule has 1 aromatic heterocycles. The molecular formula is C20H23N7O2S. The number of aromatic nitrogens is 3. The number of nitrogens with zero attached hydrogens (tertiary/aromatic N) is 4. The Bertz CT molecular complexity index is 1070. The fourth-order valence-corrected chi connectivity index (χ4v) is 3.19. The smallest absolute Gasteiger partial charge is 0.264 e. The summed E-state index contributed by atoms with van der Waals surface area (Å²) in [7, 11) is 1.59. The van der Waals surface area contributed by atoms with Crippen molar-refractivity contribution in [2.75, 3.05) is 29.4 Å². The van der Waals surface area contributed by atoms with E-state index in [1.807, 2.05) is 56.3 Å². The van der Waals surface area contributed by atoms with E-state index >= 15 is 0 Å². The molecule has 1 amide bonds. The quantitative estimate of drug-likeness (QED) is 0.220. The molecule has 0 aliphatic heterocycles. The van der Waals surface area contributed by atoms with Gasteiger partial charge in [0.2, 0.25) is 11.1 Å². The third kappa shape index (κ3) is 5.29. The molecule has 0 saturated heterocycles. The predicted octanol–water partition coefficient (Wildman–Crippen LogP) is 2.79. The number of nitrogens with two attached hydrogens (primary N) is 1. The molecule has 0 aliphatic rings. The van der Waals surface area contributed by atoms with Crippen LogP contribution in [-0.2, 0) is 4.79 Å². The predicted molar refractivity (Wildman–Crippen MR) is 120 cm³/mol. The molecule has 9 nitrogen and oxygen atoms in total. The lowest BCUT2D eigenvalue weighted by molar-refractivity contribution is -0.113. The van der Waals surface area contributed by atoms with Gasteiger partial charge in [-0.3, -0.25) is 4.79 Å². The summed E-state index contributed by atoms with van der Waals surface area (Å²) < 4.78 is 6.51. The van der Waals surface area contributed by atoms with E-state index in [-0.39, 0.29) is 17.6 Å². The van der Waals surface area contributed by atoms with Crippen molar-refractivity contribution in [1.29, 1.82) is 0 Å². The lowest BCUT2D eigenvalue weighted by Crippen LogP contribution is -2.17. The average molecular weight is 426 g/mol. The molecule has 0 atom stereocenters. The molecule has 0 saturated carbocycles. The van der Waals surface area contributed by atoms with E-state index in [2.05, 4.69) is 26.0 Å². The highest BCUT2D eigenvalue weighted by Gasteiger charge is 2.12. The van der Waals surface area contributed by atoms with Gasteiger partial charge in [-0.15, -0.1) is 10.2 Å². The van der Waals surface area contributed by atoms with Crippen LogP contribution in [0.25, 0.3) is 0 Å². The van der Waals surface area contributed by atoms with Crippen molar-refractivity contribution in [3.05, 3.63) is 59.2 Å². The Kier molecular flexibility index (Phi) is 6.91. The van der Waals surface area contributed by atoms with Gasteiger partial charge in [-0.05, 0) is 49.2 Å². The Morgan fingerprint density at radius 3 is 2.80 bits per heavy atom. The number of hydrazone groups is 1. The number of aryl methyl sites for hydroxylation is 2. The van der Waals surface area contributed by atoms with E-state index in [9.17, 15) is 4.79 Å². The number of nitrogen functional groups attached to an aromatic ring is 1. The highest BCUT2D eigenvalue weighted by molar-refractivity contribution is 7.99. The van der Waals surface area contributed by atoms with Crippen LogP contribution in [-0.4, -0.2) is 39.9 Å². The van der Waals surface area contributed by atoms with Crippen molar-refractivity contribution in [3.63, 3.8) is 0 Å². The second-order valence-corrected chi connectivity index (χ2v) is 7.37. The van der Waals surface area contributed by atoms with Crippen LogP contribution in [0.15, 0.2) is 52.7 Å². The molecular weight excluding hydrogens is 402 g/mol. The molecule has 1 heterocycles. The summed E-state index contributed by atoms with van der Waals surface area (Å²) in [5.74, 6) is 6.93. The minimum absolute atomic E-state index is 0.146. The number of ether oxygens (including phenoxy) is 1. The number of nitrogens with one attached hydrogen (secondary N) is 2. The summed E-state index contributed by atoms with van der Waals surface area (Å²) in [5, 5.41) is 15.3. The number of carbonyl (C=O) groups excluding carboxylic acids is 1. The Labute approximate surface area is 178 Å². The topological polar surface area (TPSA) is 119 Å². The normalized spacial score (nSPS) is 10.9. The lowest BCUT2D eigenvalue weighted by atomic mass is 10.1. The van der Waals surface area contributed by atoms with E-state index in [0.717, 1.165) is 16.8 Å². The molecule has 30 heavy (non-hydrogen) atoms. The van der Waals surface area contributed by atoms with Crippen molar-refractivity contribution in [1.82, 2.24) is 14.9 Å². The fraction of sp³-hybridized carbons (Fsp3) is 0.200. The first-order chi connectivity index (χ1) is 14.5. The summed E-state index contributed by atoms with van der Waals surface area (Å²) in [6, 6.07) is 13.2. The van der Waals surface area contributed by atoms with Gasteiger partial charge >= 0.3 is 0 Å². The van der Waals surface area contributed by atoms with Crippen LogP contribution < -0.4 is 21.3 Å². The van der Waals surface area contributed by atoms with Gasteiger partial charge in [0.05, 0.1) is 19.1 Å². The Morgan fingerprint density at radius 1 is 1.23 bits per heavy atom. The molecule has 4 N–H and O–H groups in total. The molecule has 10 heteroatoms. The van der Waals surface area contributed by atoms with Crippen LogP contribution in [0.3, 0.4) is 0 Å². The molecule has 0 fully saturated rings. The number of carbonyl (C=O) groups is 1. The number of anilines is 2. The van der Waals surface area contributed by atoms with Crippen LogP contribution in [0.2, 0.25) is 0 Å². The van der Waals surface area contributed by atoms with Crippen LogP contribution in [0, 0.1) is 13.8 Å². The fourth-order valence-electron chi connectivity index (χ4n) is 2.53. The van der Waals surface area contributed by atoms with Crippen LogP contribution in [0.1, 0.15) is 16.7 Å². The standard InChI is InChI=1S/C20H23N7O2S/c1-13-8-9-16(10-14(13)2)23-18(28)12-30-20-26-25-19(27(20)21)24-22-11-15-6-4-5-7-17(15)29-3/h4-11H,12,21H2,1-3H3,(H,23,28)(H,24,25)/b22-11+. The maximum atomic E-state index is 12.2. The van der Waals surface area contributed by atoms with Gasteiger partial charge in [0.25, 0.3) is 5.95 Å². The van der Waals surface area contributed by atoms with Crippen LogP contribution in [0.5, 0.6) is 5.75 Å². The number of para-hydroxylation sites is 1. The van der Waals surface area contributed by atoms with Gasteiger partial charge in [-0.25, -0.2) is 10.1 Å². The first-order valence-corrected chi connectivity index (χ1v) is 10.1. The average Bonchev–Trinajstić information content (AvgIpc) is 3.09. The zero-order valence-corrected chi connectivity index (χ0v) is 17.7. The molecule has 3 aromatic rings. The van der Waals surface area contributed by atoms with Gasteiger partial charge in [-0.1, -0.05) is 30.0 Å². The number of benzene rings is 2. The zero-order chi connectivity index (χ0) is 21.5. The summed E-state index contributed by atoms with van der Waals surface area (Å²) >= 11 is 1.18. The van der Waals surface area contributed by atoms with E-state index in [4.69, 9.17) is 10.6 Å². The minimum Gasteiger partial charge on any atom is -0.496 e. The number of hydrogen-bond acceptors (Lipinski definition) is 8. The second-order valence-electron chi connectivity index (χ2n) is 6.42. The number of amides is 1. The van der Waals surface area contributed by atoms with Gasteiger partial charge < -0.3 is 15.9 Å². The summed E-state index contributed by atoms with van der Waals surface area (Å²) in [6.07, 6.45) is 1.59. The van der Waals surface area contributed by atoms with Gasteiger partial charge in [0.1, 0.15) is 5.75 Å². The van der Waals surface area contributed by atoms with E-state index in [1.165, 1.54) is 22.0 Å². The van der Waals surface area contributed by atoms with Crippen LogP contribution in [0.4, 0.5) is 11.6 Å². The monoisotopic (exact) mass is 425 g/mol. The summed E-state index contributed by atoms with van der Waals surface area (Å²) in [4.78, 5) is 12.2. The molecule has 0 radical (unpaired) electrons. The Morgan fingerprint density at radius 2 is 2.03 bits per heavy atom. The molecule has 0 spiro atoms. The van der Waals surface area contributed by atoms with Crippen molar-refractivity contribution < 1.29 is 9.53 Å². The van der Waals surface area contributed by atoms with Gasteiger partial charge in [-0.2, -0.15) is 5.10 Å². The lowest BCUT2D eigenvalue weighted by Gasteiger charge is -2.07. The molecule has 3 rings (SSSR count).